The molecular weight excluding hydrogens is 523 g/mol. The van der Waals surface area contributed by atoms with Crippen LogP contribution in [0.3, 0.4) is 0 Å². The van der Waals surface area contributed by atoms with Crippen molar-refractivity contribution in [3.63, 3.8) is 0 Å². The zero-order valence-electron chi connectivity index (χ0n) is 18.8. The van der Waals surface area contributed by atoms with E-state index in [0.29, 0.717) is 30.7 Å². The normalized spacial score (nSPS) is 14.5. The number of nitrogens with zero attached hydrogens (tertiary/aromatic N) is 1. The molecule has 1 heterocycles. The van der Waals surface area contributed by atoms with Crippen LogP contribution in [0.5, 0.6) is 5.75 Å². The molecule has 178 valence electrons. The van der Waals surface area contributed by atoms with E-state index in [0.717, 1.165) is 22.4 Å². The van der Waals surface area contributed by atoms with Crippen LogP contribution in [0.4, 0.5) is 11.4 Å². The maximum atomic E-state index is 13.1. The number of carbonyl (C=O) groups excluding carboxylic acids is 2. The summed E-state index contributed by atoms with van der Waals surface area (Å²) in [5.74, 6) is 0.0248. The van der Waals surface area contributed by atoms with Gasteiger partial charge in [0, 0.05) is 15.7 Å². The first kappa shape index (κ1) is 25.3. The van der Waals surface area contributed by atoms with Crippen LogP contribution in [0.2, 0.25) is 10.0 Å². The fourth-order valence-corrected chi connectivity index (χ4v) is 5.33. The monoisotopic (exact) mass is 542 g/mol. The first-order valence-electron chi connectivity index (χ1n) is 10.5. The molecule has 1 aliphatic rings. The zero-order valence-corrected chi connectivity index (χ0v) is 21.9. The third-order valence-corrected chi connectivity index (χ3v) is 6.82. The van der Waals surface area contributed by atoms with Crippen LogP contribution in [0.15, 0.2) is 65.6 Å². The van der Waals surface area contributed by atoms with Gasteiger partial charge >= 0.3 is 0 Å². The highest BCUT2D eigenvalue weighted by Crippen LogP contribution is 2.37. The molecule has 0 radical (unpaired) electrons. The predicted molar refractivity (Wildman–Crippen MR) is 149 cm³/mol. The topological polar surface area (TPSA) is 58.6 Å². The van der Waals surface area contributed by atoms with Gasteiger partial charge in [-0.2, -0.15) is 0 Å². The molecule has 4 rings (SSSR count). The number of aryl methyl sites for hydroxylation is 2. The number of anilines is 2. The SMILES string of the molecule is Cc1ccc(N2C(=O)/C(=C/c3ccc(OCC(=O)Nc4cc(Cl)cc(Cl)c4)cc3)SC2=S)c(C)c1. The Hall–Kier alpha value is -2.84. The summed E-state index contributed by atoms with van der Waals surface area (Å²) >= 11 is 18.6. The van der Waals surface area contributed by atoms with Gasteiger partial charge in [0.05, 0.1) is 10.6 Å². The van der Waals surface area contributed by atoms with Gasteiger partial charge in [0.1, 0.15) is 5.75 Å². The summed E-state index contributed by atoms with van der Waals surface area (Å²) in [5.41, 5.74) is 4.22. The molecule has 3 aromatic carbocycles. The van der Waals surface area contributed by atoms with Crippen molar-refractivity contribution in [3.8, 4) is 5.75 Å². The second-order valence-corrected chi connectivity index (χ2v) is 10.4. The second kappa shape index (κ2) is 10.8. The fourth-order valence-electron chi connectivity index (χ4n) is 3.52. The minimum absolute atomic E-state index is 0.148. The van der Waals surface area contributed by atoms with Crippen LogP contribution in [-0.2, 0) is 9.59 Å². The van der Waals surface area contributed by atoms with Gasteiger partial charge in [-0.15, -0.1) is 0 Å². The average Bonchev–Trinajstić information content (AvgIpc) is 3.05. The Kier molecular flexibility index (Phi) is 7.82. The Morgan fingerprint density at radius 3 is 2.40 bits per heavy atom. The Bertz CT molecular complexity index is 1340. The molecule has 0 atom stereocenters. The van der Waals surface area contributed by atoms with E-state index in [9.17, 15) is 9.59 Å². The van der Waals surface area contributed by atoms with Gasteiger partial charge in [-0.1, -0.05) is 77.0 Å². The van der Waals surface area contributed by atoms with Crippen molar-refractivity contribution >= 4 is 80.8 Å². The number of rotatable bonds is 6. The van der Waals surface area contributed by atoms with Gasteiger partial charge in [0.25, 0.3) is 11.8 Å². The van der Waals surface area contributed by atoms with Crippen molar-refractivity contribution in [1.82, 2.24) is 0 Å². The standard InChI is InChI=1S/C26H20Cl2N2O3S2/c1-15-3-8-22(16(2)9-15)30-25(32)23(35-26(30)34)10-17-4-6-21(7-5-17)33-14-24(31)29-20-12-18(27)11-19(28)13-20/h3-13H,14H2,1-2H3,(H,29,31)/b23-10-. The Morgan fingerprint density at radius 2 is 1.74 bits per heavy atom. The molecule has 5 nitrogen and oxygen atoms in total. The smallest absolute Gasteiger partial charge is 0.270 e. The summed E-state index contributed by atoms with van der Waals surface area (Å²) in [7, 11) is 0. The quantitative estimate of drug-likeness (QED) is 0.267. The molecule has 2 amide bonds. The van der Waals surface area contributed by atoms with Crippen molar-refractivity contribution in [2.24, 2.45) is 0 Å². The number of hydrogen-bond acceptors (Lipinski definition) is 5. The van der Waals surface area contributed by atoms with Crippen molar-refractivity contribution in [3.05, 3.63) is 92.3 Å². The second-order valence-electron chi connectivity index (χ2n) is 7.87. The van der Waals surface area contributed by atoms with E-state index in [1.807, 2.05) is 44.2 Å². The fraction of sp³-hybridized carbons (Fsp3) is 0.115. The van der Waals surface area contributed by atoms with Gasteiger partial charge in [0.15, 0.2) is 10.9 Å². The van der Waals surface area contributed by atoms with Gasteiger partial charge in [-0.05, 0) is 67.4 Å². The lowest BCUT2D eigenvalue weighted by atomic mass is 10.1. The van der Waals surface area contributed by atoms with E-state index in [2.05, 4.69) is 5.32 Å². The van der Waals surface area contributed by atoms with Crippen LogP contribution in [0.1, 0.15) is 16.7 Å². The minimum atomic E-state index is -0.345. The molecule has 1 saturated heterocycles. The third kappa shape index (κ3) is 6.24. The first-order valence-corrected chi connectivity index (χ1v) is 12.5. The van der Waals surface area contributed by atoms with Crippen molar-refractivity contribution in [2.75, 3.05) is 16.8 Å². The number of thioether (sulfide) groups is 1. The first-order chi connectivity index (χ1) is 16.7. The van der Waals surface area contributed by atoms with Crippen LogP contribution in [0, 0.1) is 13.8 Å². The lowest BCUT2D eigenvalue weighted by Gasteiger charge is -2.17. The predicted octanol–water partition coefficient (Wildman–Crippen LogP) is 7.03. The molecule has 0 aromatic heterocycles. The van der Waals surface area contributed by atoms with Gasteiger partial charge < -0.3 is 10.1 Å². The number of nitrogens with one attached hydrogen (secondary N) is 1. The number of thiocarbonyl (C=S) groups is 1. The lowest BCUT2D eigenvalue weighted by Crippen LogP contribution is -2.28. The van der Waals surface area contributed by atoms with E-state index in [1.165, 1.54) is 11.8 Å². The molecule has 1 N–H and O–H groups in total. The molecule has 3 aromatic rings. The average molecular weight is 543 g/mol. The number of halogens is 2. The Morgan fingerprint density at radius 1 is 1.06 bits per heavy atom. The van der Waals surface area contributed by atoms with Gasteiger partial charge in [-0.3, -0.25) is 14.5 Å². The number of ether oxygens (including phenoxy) is 1. The molecule has 1 aliphatic heterocycles. The number of carbonyl (C=O) groups is 2. The number of hydrogen-bond donors (Lipinski definition) is 1. The molecule has 0 spiro atoms. The van der Waals surface area contributed by atoms with Crippen molar-refractivity contribution < 1.29 is 14.3 Å². The highest BCUT2D eigenvalue weighted by atomic mass is 35.5. The van der Waals surface area contributed by atoms with Crippen LogP contribution in [-0.4, -0.2) is 22.7 Å². The summed E-state index contributed by atoms with van der Waals surface area (Å²) < 4.78 is 6.06. The summed E-state index contributed by atoms with van der Waals surface area (Å²) in [6.45, 7) is 3.79. The van der Waals surface area contributed by atoms with E-state index in [1.54, 1.807) is 41.3 Å². The third-order valence-electron chi connectivity index (χ3n) is 5.08. The minimum Gasteiger partial charge on any atom is -0.484 e. The summed E-state index contributed by atoms with van der Waals surface area (Å²) in [6.07, 6.45) is 1.79. The molecule has 0 aliphatic carbocycles. The van der Waals surface area contributed by atoms with Crippen molar-refractivity contribution in [2.45, 2.75) is 13.8 Å². The number of benzene rings is 3. The largest absolute Gasteiger partial charge is 0.484 e. The molecule has 1 fully saturated rings. The van der Waals surface area contributed by atoms with Crippen molar-refractivity contribution in [1.29, 1.82) is 0 Å². The molecule has 0 unspecified atom stereocenters. The zero-order chi connectivity index (χ0) is 25.1. The Balaban J connectivity index is 1.38. The van der Waals surface area contributed by atoms with E-state index < -0.39 is 0 Å². The molecule has 9 heteroatoms. The van der Waals surface area contributed by atoms with Crippen LogP contribution < -0.4 is 15.0 Å². The van der Waals surface area contributed by atoms with E-state index >= 15 is 0 Å². The van der Waals surface area contributed by atoms with Gasteiger partial charge in [-0.25, -0.2) is 0 Å². The van der Waals surface area contributed by atoms with E-state index in [-0.39, 0.29) is 18.4 Å². The molecule has 0 saturated carbocycles. The highest BCUT2D eigenvalue weighted by Gasteiger charge is 2.34. The maximum Gasteiger partial charge on any atom is 0.270 e. The Labute approximate surface area is 223 Å². The molecule has 0 bridgehead atoms. The van der Waals surface area contributed by atoms with Gasteiger partial charge in [0.2, 0.25) is 0 Å². The molecule has 35 heavy (non-hydrogen) atoms. The summed E-state index contributed by atoms with van der Waals surface area (Å²) in [4.78, 5) is 27.3. The molecular formula is C26H20Cl2N2O3S2. The van der Waals surface area contributed by atoms with Crippen LogP contribution in [0.25, 0.3) is 6.08 Å². The van der Waals surface area contributed by atoms with E-state index in [4.69, 9.17) is 40.2 Å². The summed E-state index contributed by atoms with van der Waals surface area (Å²) in [5, 5.41) is 3.54. The van der Waals surface area contributed by atoms with Crippen LogP contribution >= 0.6 is 47.2 Å². The summed E-state index contributed by atoms with van der Waals surface area (Å²) in [6, 6.07) is 17.8. The lowest BCUT2D eigenvalue weighted by molar-refractivity contribution is -0.118. The number of amides is 2. The highest BCUT2D eigenvalue weighted by molar-refractivity contribution is 8.27. The maximum absolute atomic E-state index is 13.1.